The molecule has 40 heavy (non-hydrogen) atoms. The van der Waals surface area contributed by atoms with Gasteiger partial charge in [-0.1, -0.05) is 84.0 Å². The minimum atomic E-state index is -4.44. The van der Waals surface area contributed by atoms with Crippen molar-refractivity contribution in [3.05, 3.63) is 0 Å². The Hall–Kier alpha value is -0.540. The van der Waals surface area contributed by atoms with Crippen molar-refractivity contribution in [2.45, 2.75) is 129 Å². The molecule has 0 heterocycles. The Morgan fingerprint density at radius 1 is 0.775 bits per heavy atom. The van der Waals surface area contributed by atoms with E-state index in [9.17, 15) is 14.3 Å². The first-order valence-corrected chi connectivity index (χ1v) is 17.2. The number of nitrogens with zero attached hydrogens (tertiary/aromatic N) is 1. The maximum atomic E-state index is 12.2. The molecule has 240 valence electrons. The predicted octanol–water partition coefficient (Wildman–Crippen LogP) is 6.42. The number of phosphoric ester groups is 1. The highest BCUT2D eigenvalue weighted by Crippen LogP contribution is 2.38. The maximum Gasteiger partial charge on any atom is 0.305 e. The van der Waals surface area contributed by atoms with Crippen LogP contribution in [0, 0.1) is 0 Å². The number of carbonyl (C=O) groups excluding carboxylic acids is 1. The first-order chi connectivity index (χ1) is 19.0. The third-order valence-corrected chi connectivity index (χ3v) is 7.78. The average molecular weight is 596 g/mol. The first-order valence-electron chi connectivity index (χ1n) is 15.7. The van der Waals surface area contributed by atoms with Gasteiger partial charge in [-0.25, -0.2) is 0 Å². The Morgan fingerprint density at radius 2 is 1.35 bits per heavy atom. The molecule has 0 fully saturated rings. The Bertz CT molecular complexity index is 644. The molecule has 0 saturated heterocycles. The first kappa shape index (κ1) is 39.5. The maximum absolute atomic E-state index is 12.2. The minimum absolute atomic E-state index is 0.0494. The summed E-state index contributed by atoms with van der Waals surface area (Å²) < 4.78 is 39.4. The van der Waals surface area contributed by atoms with Crippen LogP contribution in [0.2, 0.25) is 0 Å². The summed E-state index contributed by atoms with van der Waals surface area (Å²) in [4.78, 5) is 23.5. The summed E-state index contributed by atoms with van der Waals surface area (Å²) in [7, 11) is 2.80. The highest BCUT2D eigenvalue weighted by molar-refractivity contribution is 7.45. The van der Waals surface area contributed by atoms with Gasteiger partial charge in [-0.15, -0.1) is 0 Å². The number of methoxy groups -OCH3 is 1. The van der Waals surface area contributed by atoms with Gasteiger partial charge in [0.1, 0.15) is 19.3 Å². The van der Waals surface area contributed by atoms with Gasteiger partial charge in [0, 0.05) is 13.0 Å². The van der Waals surface area contributed by atoms with Crippen LogP contribution < -0.4 is 4.89 Å². The number of quaternary nitrogens is 1. The predicted molar refractivity (Wildman–Crippen MR) is 159 cm³/mol. The van der Waals surface area contributed by atoms with E-state index in [0.717, 1.165) is 12.8 Å². The normalized spacial score (nSPS) is 15.1. The number of hydrogen-bond donors (Lipinski definition) is 0. The number of ether oxygens (including phenoxy) is 3. The van der Waals surface area contributed by atoms with Crippen molar-refractivity contribution in [1.82, 2.24) is 0 Å². The van der Waals surface area contributed by atoms with Gasteiger partial charge in [-0.2, -0.15) is 0 Å². The smallest absolute Gasteiger partial charge is 0.305 e. The summed E-state index contributed by atoms with van der Waals surface area (Å²) in [5.41, 5.74) is 0. The van der Waals surface area contributed by atoms with E-state index in [4.69, 9.17) is 18.5 Å². The van der Waals surface area contributed by atoms with E-state index in [2.05, 4.69) is 11.7 Å². The van der Waals surface area contributed by atoms with Crippen LogP contribution in [0.15, 0.2) is 0 Å². The topological polar surface area (TPSA) is 103 Å². The molecule has 0 aliphatic carbocycles. The van der Waals surface area contributed by atoms with Gasteiger partial charge in [0.25, 0.3) is 7.82 Å². The molecule has 9 nitrogen and oxygen atoms in total. The van der Waals surface area contributed by atoms with E-state index in [1.165, 1.54) is 77.7 Å². The van der Waals surface area contributed by atoms with Gasteiger partial charge in [0.15, 0.2) is 0 Å². The van der Waals surface area contributed by atoms with E-state index in [1.807, 2.05) is 28.1 Å². The summed E-state index contributed by atoms with van der Waals surface area (Å²) in [6.07, 6.45) is 17.9. The Morgan fingerprint density at radius 3 is 1.90 bits per heavy atom. The molecule has 10 heteroatoms. The van der Waals surface area contributed by atoms with E-state index in [-0.39, 0.29) is 31.9 Å². The molecular formula is C30H62NO8P. The fourth-order valence-corrected chi connectivity index (χ4v) is 4.86. The third kappa shape index (κ3) is 27.6. The molecule has 0 aromatic carbocycles. The second-order valence-corrected chi connectivity index (χ2v) is 13.3. The van der Waals surface area contributed by atoms with Crippen molar-refractivity contribution in [1.29, 1.82) is 0 Å². The van der Waals surface area contributed by atoms with E-state index in [1.54, 1.807) is 0 Å². The third-order valence-electron chi connectivity index (χ3n) is 6.82. The zero-order chi connectivity index (χ0) is 30.1. The van der Waals surface area contributed by atoms with Gasteiger partial charge in [0.2, 0.25) is 0 Å². The Kier molecular flexibility index (Phi) is 24.7. The molecule has 0 aromatic rings. The quantitative estimate of drug-likeness (QED) is 0.0422. The number of phosphoric acid groups is 1. The largest absolute Gasteiger partial charge is 0.756 e. The molecule has 0 saturated carbocycles. The Balaban J connectivity index is 4.27. The summed E-state index contributed by atoms with van der Waals surface area (Å²) in [6, 6.07) is 0. The van der Waals surface area contributed by atoms with Crippen LogP contribution >= 0.6 is 7.82 Å². The van der Waals surface area contributed by atoms with Crippen LogP contribution in [0.25, 0.3) is 0 Å². The molecule has 0 aliphatic heterocycles. The molecular weight excluding hydrogens is 533 g/mol. The molecule has 0 radical (unpaired) electrons. The number of hydrogen-bond acceptors (Lipinski definition) is 8. The number of unbranched alkanes of at least 4 members (excludes halogenated alkanes) is 12. The fourth-order valence-electron chi connectivity index (χ4n) is 4.13. The highest BCUT2D eigenvalue weighted by atomic mass is 31.2. The molecule has 0 bridgehead atoms. The molecule has 0 aromatic heterocycles. The van der Waals surface area contributed by atoms with E-state index >= 15 is 0 Å². The second-order valence-electron chi connectivity index (χ2n) is 11.9. The number of carbonyl (C=O) groups is 1. The van der Waals surface area contributed by atoms with Crippen LogP contribution in [-0.2, 0) is 32.6 Å². The van der Waals surface area contributed by atoms with Gasteiger partial charge >= 0.3 is 5.97 Å². The van der Waals surface area contributed by atoms with Crippen molar-refractivity contribution in [3.63, 3.8) is 0 Å². The number of likely N-dealkylation sites (N-methyl/N-ethyl adjacent to an activating group) is 1. The highest BCUT2D eigenvalue weighted by Gasteiger charge is 2.19. The summed E-state index contributed by atoms with van der Waals surface area (Å²) in [5.74, 6) is -0.256. The molecule has 0 rings (SSSR count). The molecule has 0 spiro atoms. The molecule has 3 atom stereocenters. The summed E-state index contributed by atoms with van der Waals surface area (Å²) in [6.45, 7) is 5.31. The van der Waals surface area contributed by atoms with E-state index < -0.39 is 13.9 Å². The van der Waals surface area contributed by atoms with Gasteiger partial charge in [-0.3, -0.25) is 9.36 Å². The summed E-state index contributed by atoms with van der Waals surface area (Å²) >= 11 is 0. The van der Waals surface area contributed by atoms with Gasteiger partial charge in [0.05, 0.1) is 47.6 Å². The number of esters is 1. The van der Waals surface area contributed by atoms with Crippen LogP contribution in [0.1, 0.15) is 117 Å². The monoisotopic (exact) mass is 595 g/mol. The van der Waals surface area contributed by atoms with Crippen molar-refractivity contribution in [2.75, 3.05) is 61.2 Å². The van der Waals surface area contributed by atoms with Crippen molar-refractivity contribution in [3.8, 4) is 0 Å². The fraction of sp³-hybridized carbons (Fsp3) is 0.967. The average Bonchev–Trinajstić information content (AvgIpc) is 2.89. The SMILES string of the molecule is CCCCCCCCCCCCCCC(C)OC[C@H](COP(=O)([O-])OCC[N+](C)(C)C)OCCCCC(=O)OC. The molecule has 0 N–H and O–H groups in total. The van der Waals surface area contributed by atoms with Crippen LogP contribution in [0.3, 0.4) is 0 Å². The lowest BCUT2D eigenvalue weighted by Gasteiger charge is -2.28. The van der Waals surface area contributed by atoms with Crippen LogP contribution in [0.4, 0.5) is 0 Å². The van der Waals surface area contributed by atoms with Gasteiger partial charge in [-0.05, 0) is 26.2 Å². The standard InChI is InChI=1S/C30H62NO8P/c1-7-8-9-10-11-12-13-14-15-16-17-18-21-28(2)37-26-29(36-24-20-19-22-30(32)35-6)27-39-40(33,34)38-25-23-31(3,4)5/h28-29H,7-27H2,1-6H3/t28?,29-/m1/s1. The Labute approximate surface area is 245 Å². The van der Waals surface area contributed by atoms with Crippen molar-refractivity contribution in [2.24, 2.45) is 0 Å². The molecule has 0 aliphatic rings. The van der Waals surface area contributed by atoms with Gasteiger partial charge < -0.3 is 32.6 Å². The lowest BCUT2D eigenvalue weighted by molar-refractivity contribution is -0.870. The number of rotatable bonds is 29. The zero-order valence-electron chi connectivity index (χ0n) is 26.7. The zero-order valence-corrected chi connectivity index (χ0v) is 27.6. The second kappa shape index (κ2) is 25.0. The molecule has 0 amide bonds. The molecule has 2 unspecified atom stereocenters. The van der Waals surface area contributed by atoms with Crippen molar-refractivity contribution >= 4 is 13.8 Å². The van der Waals surface area contributed by atoms with Crippen LogP contribution in [-0.4, -0.2) is 83.9 Å². The van der Waals surface area contributed by atoms with Crippen molar-refractivity contribution < 1.29 is 42.0 Å². The van der Waals surface area contributed by atoms with E-state index in [0.29, 0.717) is 36.9 Å². The lowest BCUT2D eigenvalue weighted by Crippen LogP contribution is -2.37. The lowest BCUT2D eigenvalue weighted by atomic mass is 10.0. The minimum Gasteiger partial charge on any atom is -0.756 e. The summed E-state index contributed by atoms with van der Waals surface area (Å²) in [5, 5.41) is 0. The van der Waals surface area contributed by atoms with Crippen LogP contribution in [0.5, 0.6) is 0 Å².